The Kier molecular flexibility index (Phi) is 5.21. The summed E-state index contributed by atoms with van der Waals surface area (Å²) in [5.74, 6) is 0.318. The first-order valence-electron chi connectivity index (χ1n) is 8.77. The molecule has 134 valence electrons. The van der Waals surface area contributed by atoms with E-state index in [1.54, 1.807) is 0 Å². The number of rotatable bonds is 6. The standard InChI is InChI=1S/C22H19N3OS/c26-21(23-15-17-9-3-1-4-10-17)16-27-22-24-19-13-7-8-14-20(19)25(22)18-11-5-2-6-12-18/h1-14H,15-16H2,(H,23,26). The van der Waals surface area contributed by atoms with Crippen LogP contribution in [0.15, 0.2) is 90.1 Å². The fourth-order valence-corrected chi connectivity index (χ4v) is 3.76. The van der Waals surface area contributed by atoms with Crippen LogP contribution in [0.25, 0.3) is 16.7 Å². The number of hydrogen-bond donors (Lipinski definition) is 1. The van der Waals surface area contributed by atoms with Crippen molar-refractivity contribution in [1.29, 1.82) is 0 Å². The van der Waals surface area contributed by atoms with Gasteiger partial charge in [-0.3, -0.25) is 9.36 Å². The molecular formula is C22H19N3OS. The molecule has 0 radical (unpaired) electrons. The van der Waals surface area contributed by atoms with Crippen molar-refractivity contribution in [2.45, 2.75) is 11.7 Å². The van der Waals surface area contributed by atoms with Crippen molar-refractivity contribution in [2.75, 3.05) is 5.75 Å². The van der Waals surface area contributed by atoms with E-state index in [1.165, 1.54) is 11.8 Å². The number of nitrogens with one attached hydrogen (secondary N) is 1. The Bertz CT molecular complexity index is 1050. The van der Waals surface area contributed by atoms with Gasteiger partial charge in [-0.25, -0.2) is 4.98 Å². The van der Waals surface area contributed by atoms with Gasteiger partial charge in [0.05, 0.1) is 16.8 Å². The third-order valence-electron chi connectivity index (χ3n) is 4.21. The molecule has 5 heteroatoms. The molecule has 0 aliphatic carbocycles. The molecule has 1 heterocycles. The Balaban J connectivity index is 1.51. The average Bonchev–Trinajstić information content (AvgIpc) is 3.10. The SMILES string of the molecule is O=C(CSc1nc2ccccc2n1-c1ccccc1)NCc1ccccc1. The quantitative estimate of drug-likeness (QED) is 0.509. The average molecular weight is 373 g/mol. The maximum atomic E-state index is 12.3. The van der Waals surface area contributed by atoms with Gasteiger partial charge < -0.3 is 5.32 Å². The van der Waals surface area contributed by atoms with Gasteiger partial charge in [-0.05, 0) is 29.8 Å². The molecule has 0 saturated heterocycles. The van der Waals surface area contributed by atoms with E-state index in [1.807, 2.05) is 78.9 Å². The first-order chi connectivity index (χ1) is 13.3. The first kappa shape index (κ1) is 17.4. The van der Waals surface area contributed by atoms with E-state index in [4.69, 9.17) is 4.98 Å². The number of carbonyl (C=O) groups excluding carboxylic acids is 1. The van der Waals surface area contributed by atoms with E-state index in [-0.39, 0.29) is 5.91 Å². The highest BCUT2D eigenvalue weighted by Gasteiger charge is 2.14. The minimum atomic E-state index is -0.00415. The summed E-state index contributed by atoms with van der Waals surface area (Å²) in [6, 6.07) is 28.0. The maximum Gasteiger partial charge on any atom is 0.230 e. The largest absolute Gasteiger partial charge is 0.351 e. The predicted molar refractivity (Wildman–Crippen MR) is 110 cm³/mol. The van der Waals surface area contributed by atoms with Gasteiger partial charge in [-0.2, -0.15) is 0 Å². The Hall–Kier alpha value is -3.05. The van der Waals surface area contributed by atoms with Crippen LogP contribution in [-0.4, -0.2) is 21.2 Å². The van der Waals surface area contributed by atoms with Crippen LogP contribution in [0.2, 0.25) is 0 Å². The van der Waals surface area contributed by atoms with Gasteiger partial charge in [0.2, 0.25) is 5.91 Å². The number of nitrogens with zero attached hydrogens (tertiary/aromatic N) is 2. The summed E-state index contributed by atoms with van der Waals surface area (Å²) in [5.41, 5.74) is 4.09. The lowest BCUT2D eigenvalue weighted by molar-refractivity contribution is -0.118. The molecule has 0 saturated carbocycles. The molecule has 0 atom stereocenters. The van der Waals surface area contributed by atoms with Crippen LogP contribution in [0, 0.1) is 0 Å². The van der Waals surface area contributed by atoms with Crippen LogP contribution in [-0.2, 0) is 11.3 Å². The highest BCUT2D eigenvalue weighted by atomic mass is 32.2. The van der Waals surface area contributed by atoms with E-state index in [2.05, 4.69) is 16.0 Å². The van der Waals surface area contributed by atoms with Crippen molar-refractivity contribution in [2.24, 2.45) is 0 Å². The van der Waals surface area contributed by atoms with Gasteiger partial charge in [-0.1, -0.05) is 72.4 Å². The second-order valence-electron chi connectivity index (χ2n) is 6.11. The van der Waals surface area contributed by atoms with Crippen LogP contribution in [0.5, 0.6) is 0 Å². The summed E-state index contributed by atoms with van der Waals surface area (Å²) in [6.45, 7) is 0.537. The smallest absolute Gasteiger partial charge is 0.230 e. The van der Waals surface area contributed by atoms with Crippen molar-refractivity contribution in [3.63, 3.8) is 0 Å². The number of imidazole rings is 1. The number of amides is 1. The molecule has 0 aliphatic rings. The second-order valence-corrected chi connectivity index (χ2v) is 7.05. The van der Waals surface area contributed by atoms with Crippen LogP contribution >= 0.6 is 11.8 Å². The Labute approximate surface area is 162 Å². The van der Waals surface area contributed by atoms with Gasteiger partial charge in [0.1, 0.15) is 0 Å². The van der Waals surface area contributed by atoms with Crippen LogP contribution < -0.4 is 5.32 Å². The zero-order valence-corrected chi connectivity index (χ0v) is 15.5. The summed E-state index contributed by atoms with van der Waals surface area (Å²) in [4.78, 5) is 17.0. The molecule has 4 nitrogen and oxygen atoms in total. The molecule has 3 aromatic carbocycles. The van der Waals surface area contributed by atoms with Crippen molar-refractivity contribution < 1.29 is 4.79 Å². The normalized spacial score (nSPS) is 10.8. The number of thioether (sulfide) groups is 1. The summed E-state index contributed by atoms with van der Waals surface area (Å²) in [6.07, 6.45) is 0. The van der Waals surface area contributed by atoms with Crippen LogP contribution in [0.3, 0.4) is 0 Å². The van der Waals surface area contributed by atoms with Crippen molar-refractivity contribution in [1.82, 2.24) is 14.9 Å². The lowest BCUT2D eigenvalue weighted by atomic mass is 10.2. The molecule has 1 amide bonds. The third-order valence-corrected chi connectivity index (χ3v) is 5.15. The summed E-state index contributed by atoms with van der Waals surface area (Å²) >= 11 is 1.45. The molecule has 0 unspecified atom stereocenters. The second kappa shape index (κ2) is 8.10. The molecule has 4 aromatic rings. The van der Waals surface area contributed by atoms with Gasteiger partial charge in [0.25, 0.3) is 0 Å². The van der Waals surface area contributed by atoms with E-state index < -0.39 is 0 Å². The zero-order chi connectivity index (χ0) is 18.5. The van der Waals surface area contributed by atoms with Gasteiger partial charge >= 0.3 is 0 Å². The first-order valence-corrected chi connectivity index (χ1v) is 9.76. The fourth-order valence-electron chi connectivity index (χ4n) is 2.90. The summed E-state index contributed by atoms with van der Waals surface area (Å²) in [7, 11) is 0. The van der Waals surface area contributed by atoms with Crippen molar-refractivity contribution in [3.8, 4) is 5.69 Å². The van der Waals surface area contributed by atoms with Crippen LogP contribution in [0.4, 0.5) is 0 Å². The number of aromatic nitrogens is 2. The highest BCUT2D eigenvalue weighted by Crippen LogP contribution is 2.27. The predicted octanol–water partition coefficient (Wildman–Crippen LogP) is 4.43. The number of carbonyl (C=O) groups is 1. The van der Waals surface area contributed by atoms with E-state index >= 15 is 0 Å². The van der Waals surface area contributed by atoms with Crippen LogP contribution in [0.1, 0.15) is 5.56 Å². The molecule has 1 aromatic heterocycles. The molecule has 0 aliphatic heterocycles. The fraction of sp³-hybridized carbons (Fsp3) is 0.0909. The van der Waals surface area contributed by atoms with Gasteiger partial charge in [0.15, 0.2) is 5.16 Å². The van der Waals surface area contributed by atoms with E-state index in [9.17, 15) is 4.79 Å². The Morgan fingerprint density at radius 3 is 2.33 bits per heavy atom. The molecule has 0 fully saturated rings. The number of fused-ring (bicyclic) bond motifs is 1. The van der Waals surface area contributed by atoms with E-state index in [0.29, 0.717) is 12.3 Å². The summed E-state index contributed by atoms with van der Waals surface area (Å²) < 4.78 is 2.10. The van der Waals surface area contributed by atoms with E-state index in [0.717, 1.165) is 27.4 Å². The van der Waals surface area contributed by atoms with Crippen molar-refractivity contribution in [3.05, 3.63) is 90.5 Å². The minimum Gasteiger partial charge on any atom is -0.351 e. The molecule has 4 rings (SSSR count). The molecular weight excluding hydrogens is 354 g/mol. The molecule has 1 N–H and O–H groups in total. The maximum absolute atomic E-state index is 12.3. The number of hydrogen-bond acceptors (Lipinski definition) is 3. The lowest BCUT2D eigenvalue weighted by Gasteiger charge is -2.09. The lowest BCUT2D eigenvalue weighted by Crippen LogP contribution is -2.24. The molecule has 27 heavy (non-hydrogen) atoms. The molecule has 0 spiro atoms. The number of para-hydroxylation sites is 3. The van der Waals surface area contributed by atoms with Gasteiger partial charge in [-0.15, -0.1) is 0 Å². The van der Waals surface area contributed by atoms with Crippen molar-refractivity contribution >= 4 is 28.7 Å². The Morgan fingerprint density at radius 2 is 1.56 bits per heavy atom. The molecule has 0 bridgehead atoms. The summed E-state index contributed by atoms with van der Waals surface area (Å²) in [5, 5.41) is 3.78. The highest BCUT2D eigenvalue weighted by molar-refractivity contribution is 7.99. The topological polar surface area (TPSA) is 46.9 Å². The minimum absolute atomic E-state index is 0.00415. The monoisotopic (exact) mass is 373 g/mol. The number of benzene rings is 3. The third kappa shape index (κ3) is 4.04. The zero-order valence-electron chi connectivity index (χ0n) is 14.7. The van der Waals surface area contributed by atoms with Gasteiger partial charge in [0, 0.05) is 12.2 Å². The Morgan fingerprint density at radius 1 is 0.889 bits per heavy atom.